The van der Waals surface area contributed by atoms with Crippen molar-refractivity contribution in [1.29, 1.82) is 0 Å². The van der Waals surface area contributed by atoms with E-state index in [2.05, 4.69) is 39.2 Å². The lowest BCUT2D eigenvalue weighted by Crippen LogP contribution is -2.08. The van der Waals surface area contributed by atoms with Crippen LogP contribution >= 0.6 is 0 Å². The zero-order valence-corrected chi connectivity index (χ0v) is 80.5. The molecule has 23 nitrogen and oxygen atoms in total. The molecule has 7 heterocycles. The van der Waals surface area contributed by atoms with Crippen molar-refractivity contribution in [2.24, 2.45) is 0 Å². The van der Waals surface area contributed by atoms with Crippen molar-refractivity contribution in [1.82, 2.24) is 15.0 Å². The van der Waals surface area contributed by atoms with E-state index in [9.17, 15) is 39.6 Å². The van der Waals surface area contributed by atoms with Crippen LogP contribution in [-0.4, -0.2) is 35.4 Å². The lowest BCUT2D eigenvalue weighted by molar-refractivity contribution is 0.268. The lowest BCUT2D eigenvalue weighted by atomic mass is 10.1. The summed E-state index contributed by atoms with van der Waals surface area (Å²) in [7, 11) is 0. The van der Waals surface area contributed by atoms with E-state index in [1.54, 1.807) is 67.0 Å². The number of fused-ring (bicyclic) bond motifs is 8. The molecular weight excluding hydrogens is 1820 g/mol. The maximum Gasteiger partial charge on any atom is 0.196 e. The number of aliphatic hydroxyl groups is 4. The number of ether oxygens (including phenoxy) is 8. The third-order valence-electron chi connectivity index (χ3n) is 25.0. The minimum Gasteiger partial charge on any atom is -0.489 e. The third kappa shape index (κ3) is 23.3. The van der Waals surface area contributed by atoms with Gasteiger partial charge in [0.05, 0.1) is 48.7 Å². The molecule has 20 aromatic rings. The molecule has 1 fully saturated rings. The standard InChI is InChI=1S/C31H26O5.3C30H27NO5/c32-17-22-7-1-2-8-23(22)18-35-29-14-25(15-30-31(29)27(33)16-28(36-30)21-12-13-21)34-19-24-10-5-9-20-6-3-4-11-26(20)24;1-19(2)26-15-25(33)29-27(35-17-22-8-4-3-7-21(22)16-32)13-24(14-28(29)36-26)34-18-23-10-5-9-20-11-6-12-31-30(20)23;1-19(2)27-15-26(33)30-28(35-17-22-9-4-3-8-21(22)16-32)13-24(14-29(30)36-27)34-18-23-12-11-20-7-5-6-10-25(20)31-23;1-19(2)27-15-26(33)30-28(35-18-23-7-4-3-6-22(23)16-32)13-24(14-29(30)36-27)34-17-20-9-10-25-21(12-20)8-5-11-31-25/h1-11,14-16,21,32H,12-13,17-19H2;3*3-15,19,32H,16-18H2,1-2H3. The fourth-order valence-corrected chi connectivity index (χ4v) is 17.0. The quantitative estimate of drug-likeness (QED) is 0.0304. The highest BCUT2D eigenvalue weighted by atomic mass is 16.5. The summed E-state index contributed by atoms with van der Waals surface area (Å²) < 4.78 is 73.5. The van der Waals surface area contributed by atoms with Crippen LogP contribution in [0.15, 0.2) is 359 Å². The molecule has 13 aromatic carbocycles. The zero-order chi connectivity index (χ0) is 99.7. The minimum absolute atomic E-state index is 0.0502. The van der Waals surface area contributed by atoms with Gasteiger partial charge in [-0.25, -0.2) is 4.98 Å². The summed E-state index contributed by atoms with van der Waals surface area (Å²) >= 11 is 0. The van der Waals surface area contributed by atoms with E-state index < -0.39 is 0 Å². The normalized spacial score (nSPS) is 11.8. The summed E-state index contributed by atoms with van der Waals surface area (Å²) in [5.74, 6) is 6.62. The van der Waals surface area contributed by atoms with E-state index in [4.69, 9.17) is 55.6 Å². The summed E-state index contributed by atoms with van der Waals surface area (Å²) in [5, 5.41) is 45.6. The molecular formula is C121H107N3O20. The number of rotatable bonds is 32. The Bertz CT molecular complexity index is 7810. The van der Waals surface area contributed by atoms with E-state index in [0.717, 1.165) is 129 Å². The number of benzene rings is 13. The molecule has 1 aliphatic carbocycles. The first-order chi connectivity index (χ1) is 70.2. The van der Waals surface area contributed by atoms with Gasteiger partial charge in [-0.05, 0) is 116 Å². The molecule has 1 saturated carbocycles. The van der Waals surface area contributed by atoms with Gasteiger partial charge in [0.25, 0.3) is 0 Å². The van der Waals surface area contributed by atoms with Crippen LogP contribution in [0, 0.1) is 0 Å². The Hall–Kier alpha value is -16.6. The van der Waals surface area contributed by atoms with E-state index in [1.807, 2.05) is 254 Å². The second-order valence-corrected chi connectivity index (χ2v) is 36.1. The van der Waals surface area contributed by atoms with Crippen LogP contribution < -0.4 is 59.6 Å². The van der Waals surface area contributed by atoms with Gasteiger partial charge < -0.3 is 76.0 Å². The van der Waals surface area contributed by atoms with Gasteiger partial charge in [0.15, 0.2) is 21.7 Å². The van der Waals surface area contributed by atoms with Crippen molar-refractivity contribution in [3.05, 3.63) is 453 Å². The SMILES string of the molecule is CC(C)c1cc(=O)c2c(OCc3ccccc3CO)cc(OCc3ccc4ccccc4n3)cc2o1.CC(C)c1cc(=O)c2c(OCc3ccccc3CO)cc(OCc3ccc4ncccc4c3)cc2o1.CC(C)c1cc(=O)c2c(OCc3ccccc3CO)cc(OCc3cccc4cccnc34)cc2o1.O=c1cc(C2CC2)oc2cc(OCc3cccc4ccccc34)cc(OCc3ccccc3CO)c12. The van der Waals surface area contributed by atoms with E-state index >= 15 is 0 Å². The molecule has 7 aromatic heterocycles. The highest BCUT2D eigenvalue weighted by Gasteiger charge is 2.29. The summed E-state index contributed by atoms with van der Waals surface area (Å²) in [5.41, 5.74) is 14.0. The van der Waals surface area contributed by atoms with Crippen LogP contribution in [0.25, 0.3) is 87.4 Å². The maximum atomic E-state index is 13.1. The molecule has 1 aliphatic rings. The Kier molecular flexibility index (Phi) is 30.8. The molecule has 144 heavy (non-hydrogen) atoms. The first kappa shape index (κ1) is 97.6. The fraction of sp³-hybridized carbons (Fsp3) is 0.198. The Morgan fingerprint density at radius 2 is 0.653 bits per heavy atom. The van der Waals surface area contributed by atoms with E-state index in [0.29, 0.717) is 133 Å². The summed E-state index contributed by atoms with van der Waals surface area (Å²) in [4.78, 5) is 65.8. The summed E-state index contributed by atoms with van der Waals surface area (Å²) in [6.45, 7) is 13.5. The Morgan fingerprint density at radius 3 is 1.12 bits per heavy atom. The van der Waals surface area contributed by atoms with Gasteiger partial charge in [0.2, 0.25) is 0 Å². The van der Waals surface area contributed by atoms with Crippen LogP contribution in [0.3, 0.4) is 0 Å². The van der Waals surface area contributed by atoms with Gasteiger partial charge in [-0.3, -0.25) is 29.1 Å². The molecule has 726 valence electrons. The van der Waals surface area contributed by atoms with E-state index in [1.165, 1.54) is 18.2 Å². The maximum absolute atomic E-state index is 13.1. The largest absolute Gasteiger partial charge is 0.489 e. The van der Waals surface area contributed by atoms with Gasteiger partial charge in [0, 0.05) is 131 Å². The van der Waals surface area contributed by atoms with Crippen molar-refractivity contribution < 1.29 is 76.0 Å². The zero-order valence-electron chi connectivity index (χ0n) is 80.5. The number of para-hydroxylation sites is 2. The molecule has 4 N–H and O–H groups in total. The number of hydrogen-bond donors (Lipinski definition) is 4. The molecule has 23 heteroatoms. The summed E-state index contributed by atoms with van der Waals surface area (Å²) in [6.07, 6.45) is 5.60. The molecule has 0 unspecified atom stereocenters. The summed E-state index contributed by atoms with van der Waals surface area (Å²) in [6, 6.07) is 96.0. The van der Waals surface area contributed by atoms with Gasteiger partial charge in [-0.15, -0.1) is 0 Å². The van der Waals surface area contributed by atoms with Crippen LogP contribution in [0.5, 0.6) is 46.0 Å². The molecule has 0 radical (unpaired) electrons. The first-order valence-corrected chi connectivity index (χ1v) is 47.9. The number of nitrogens with zero attached hydrogens (tertiary/aromatic N) is 3. The minimum atomic E-state index is -0.173. The predicted molar refractivity (Wildman–Crippen MR) is 557 cm³/mol. The Morgan fingerprint density at radius 1 is 0.292 bits per heavy atom. The number of hydrogen-bond acceptors (Lipinski definition) is 23. The van der Waals surface area contributed by atoms with Gasteiger partial charge in [-0.2, -0.15) is 0 Å². The topological polar surface area (TPSA) is 314 Å². The molecule has 21 rings (SSSR count). The second kappa shape index (κ2) is 45.3. The van der Waals surface area contributed by atoms with Crippen LogP contribution in [-0.2, 0) is 79.3 Å². The van der Waals surface area contributed by atoms with Crippen LogP contribution in [0.4, 0.5) is 0 Å². The molecule has 0 spiro atoms. The van der Waals surface area contributed by atoms with Crippen molar-refractivity contribution in [2.45, 2.75) is 157 Å². The average Bonchev–Trinajstić information content (AvgIpc) is 1.76. The molecule has 0 aliphatic heterocycles. The van der Waals surface area contributed by atoms with E-state index in [-0.39, 0.29) is 98.9 Å². The van der Waals surface area contributed by atoms with Gasteiger partial charge in [-0.1, -0.05) is 242 Å². The fourth-order valence-electron chi connectivity index (χ4n) is 17.0. The molecule has 0 atom stereocenters. The van der Waals surface area contributed by atoms with Gasteiger partial charge in [0.1, 0.15) is 166 Å². The van der Waals surface area contributed by atoms with Crippen molar-refractivity contribution in [2.75, 3.05) is 0 Å². The van der Waals surface area contributed by atoms with Crippen LogP contribution in [0.1, 0.15) is 168 Å². The van der Waals surface area contributed by atoms with Crippen molar-refractivity contribution in [3.63, 3.8) is 0 Å². The Balaban J connectivity index is 0.000000126. The smallest absolute Gasteiger partial charge is 0.196 e. The molecule has 0 bridgehead atoms. The third-order valence-corrected chi connectivity index (χ3v) is 25.0. The monoisotopic (exact) mass is 1920 g/mol. The number of aliphatic hydroxyl groups excluding tert-OH is 4. The highest BCUT2D eigenvalue weighted by Crippen LogP contribution is 2.43. The number of pyridine rings is 3. The predicted octanol–water partition coefficient (Wildman–Crippen LogP) is 24.8. The average molecular weight is 1920 g/mol. The molecule has 0 saturated heterocycles. The van der Waals surface area contributed by atoms with Gasteiger partial charge >= 0.3 is 0 Å². The van der Waals surface area contributed by atoms with Crippen molar-refractivity contribution in [3.8, 4) is 46.0 Å². The molecule has 0 amide bonds. The lowest BCUT2D eigenvalue weighted by Gasteiger charge is -2.15. The van der Waals surface area contributed by atoms with Crippen molar-refractivity contribution >= 4 is 87.4 Å². The Labute approximate surface area is 829 Å². The second-order valence-electron chi connectivity index (χ2n) is 36.1. The number of aromatic nitrogens is 3. The van der Waals surface area contributed by atoms with Crippen LogP contribution in [0.2, 0.25) is 0 Å². The highest BCUT2D eigenvalue weighted by molar-refractivity contribution is 5.90. The first-order valence-electron chi connectivity index (χ1n) is 47.9.